The predicted octanol–water partition coefficient (Wildman–Crippen LogP) is 0.562. The van der Waals surface area contributed by atoms with Crippen LogP contribution in [-0.4, -0.2) is 61.1 Å². The Morgan fingerprint density at radius 3 is 1.88 bits per heavy atom. The zero-order chi connectivity index (χ0) is 13.4. The van der Waals surface area contributed by atoms with E-state index in [1.807, 2.05) is 0 Å². The molecule has 5 heteroatoms. The summed E-state index contributed by atoms with van der Waals surface area (Å²) in [7, 11) is 0. The number of aliphatic hydroxyl groups is 3. The molecule has 0 bridgehead atoms. The van der Waals surface area contributed by atoms with Crippen LogP contribution in [0.4, 0.5) is 0 Å². The van der Waals surface area contributed by atoms with Crippen molar-refractivity contribution in [3.05, 3.63) is 0 Å². The molecule has 1 unspecified atom stereocenters. The first-order valence-corrected chi connectivity index (χ1v) is 6.24. The molecule has 5 nitrogen and oxygen atoms in total. The molecule has 0 aromatic rings. The van der Waals surface area contributed by atoms with Gasteiger partial charge in [-0.1, -0.05) is 19.8 Å². The average molecular weight is 252 g/mol. The molecular weight excluding hydrogens is 224 g/mol. The zero-order valence-electron chi connectivity index (χ0n) is 11.1. The Morgan fingerprint density at radius 2 is 1.47 bits per heavy atom. The molecule has 0 saturated carbocycles. The zero-order valence-corrected chi connectivity index (χ0v) is 11.1. The van der Waals surface area contributed by atoms with Crippen LogP contribution in [0.15, 0.2) is 0 Å². The first-order valence-electron chi connectivity index (χ1n) is 6.24. The number of unbranched alkanes of at least 4 members (excludes halogenated alkanes) is 2. The third kappa shape index (κ3) is 25.8. The highest BCUT2D eigenvalue weighted by Crippen LogP contribution is 1.93. The van der Waals surface area contributed by atoms with Gasteiger partial charge in [-0.05, 0) is 13.3 Å². The number of aliphatic hydroxyl groups excluding tert-OH is 3. The van der Waals surface area contributed by atoms with E-state index >= 15 is 0 Å². The summed E-state index contributed by atoms with van der Waals surface area (Å²) in [4.78, 5) is 0. The van der Waals surface area contributed by atoms with Crippen LogP contribution in [0.2, 0.25) is 0 Å². The van der Waals surface area contributed by atoms with E-state index in [4.69, 9.17) is 24.8 Å². The van der Waals surface area contributed by atoms with Crippen LogP contribution in [0.5, 0.6) is 0 Å². The molecule has 0 amide bonds. The molecule has 0 fully saturated rings. The summed E-state index contributed by atoms with van der Waals surface area (Å²) in [5.41, 5.74) is 0. The van der Waals surface area contributed by atoms with Crippen LogP contribution in [0.3, 0.4) is 0 Å². The van der Waals surface area contributed by atoms with E-state index in [0.29, 0.717) is 19.8 Å². The number of hydrogen-bond donors (Lipinski definition) is 3. The van der Waals surface area contributed by atoms with Crippen molar-refractivity contribution < 1.29 is 24.8 Å². The van der Waals surface area contributed by atoms with Gasteiger partial charge in [0, 0.05) is 6.61 Å². The third-order valence-electron chi connectivity index (χ3n) is 1.76. The molecule has 0 heterocycles. The van der Waals surface area contributed by atoms with Gasteiger partial charge in [-0.15, -0.1) is 0 Å². The van der Waals surface area contributed by atoms with Gasteiger partial charge in [0.15, 0.2) is 0 Å². The molecule has 0 saturated heterocycles. The Hall–Kier alpha value is -0.200. The van der Waals surface area contributed by atoms with Crippen molar-refractivity contribution in [2.24, 2.45) is 0 Å². The molecular formula is C12H28O5. The fourth-order valence-corrected chi connectivity index (χ4v) is 0.841. The summed E-state index contributed by atoms with van der Waals surface area (Å²) in [5.74, 6) is 0. The van der Waals surface area contributed by atoms with Crippen molar-refractivity contribution in [1.82, 2.24) is 0 Å². The summed E-state index contributed by atoms with van der Waals surface area (Å²) in [6, 6.07) is 0. The van der Waals surface area contributed by atoms with Gasteiger partial charge in [0.05, 0.1) is 39.1 Å². The molecule has 3 N–H and O–H groups in total. The van der Waals surface area contributed by atoms with Gasteiger partial charge < -0.3 is 24.8 Å². The van der Waals surface area contributed by atoms with Crippen LogP contribution >= 0.6 is 0 Å². The number of ether oxygens (including phenoxy) is 2. The van der Waals surface area contributed by atoms with Crippen molar-refractivity contribution in [1.29, 1.82) is 0 Å². The van der Waals surface area contributed by atoms with Gasteiger partial charge in [-0.2, -0.15) is 0 Å². The first kappa shape index (κ1) is 19.1. The van der Waals surface area contributed by atoms with Crippen LogP contribution in [0.25, 0.3) is 0 Å². The van der Waals surface area contributed by atoms with Crippen molar-refractivity contribution in [2.45, 2.75) is 39.2 Å². The predicted molar refractivity (Wildman–Crippen MR) is 67.0 cm³/mol. The van der Waals surface area contributed by atoms with Crippen molar-refractivity contribution in [3.63, 3.8) is 0 Å². The molecule has 0 aliphatic carbocycles. The second kappa shape index (κ2) is 18.2. The minimum atomic E-state index is -0.560. The minimum Gasteiger partial charge on any atom is -0.394 e. The van der Waals surface area contributed by atoms with Crippen LogP contribution in [-0.2, 0) is 9.47 Å². The average Bonchev–Trinajstić information content (AvgIpc) is 2.33. The van der Waals surface area contributed by atoms with Crippen LogP contribution < -0.4 is 0 Å². The van der Waals surface area contributed by atoms with E-state index < -0.39 is 6.10 Å². The second-order valence-electron chi connectivity index (χ2n) is 3.69. The van der Waals surface area contributed by atoms with E-state index in [1.165, 1.54) is 19.8 Å². The second-order valence-corrected chi connectivity index (χ2v) is 3.69. The van der Waals surface area contributed by atoms with Gasteiger partial charge in [-0.3, -0.25) is 0 Å². The van der Waals surface area contributed by atoms with Gasteiger partial charge in [0.2, 0.25) is 0 Å². The molecule has 0 aliphatic rings. The Balaban J connectivity index is 0. The largest absolute Gasteiger partial charge is 0.394 e. The lowest BCUT2D eigenvalue weighted by atomic mass is 10.3. The van der Waals surface area contributed by atoms with Crippen molar-refractivity contribution >= 4 is 0 Å². The number of hydrogen-bond acceptors (Lipinski definition) is 5. The fraction of sp³-hybridized carbons (Fsp3) is 1.00. The molecule has 0 aliphatic heterocycles. The Kier molecular flexibility index (Phi) is 20.5. The molecule has 0 aromatic carbocycles. The highest BCUT2D eigenvalue weighted by atomic mass is 16.5. The lowest BCUT2D eigenvalue weighted by Gasteiger charge is -2.03. The number of rotatable bonds is 10. The summed E-state index contributed by atoms with van der Waals surface area (Å²) in [6.45, 7) is 6.13. The van der Waals surface area contributed by atoms with E-state index in [2.05, 4.69) is 6.92 Å². The topological polar surface area (TPSA) is 79.2 Å². The molecule has 0 aromatic heterocycles. The quantitative estimate of drug-likeness (QED) is 0.495. The summed E-state index contributed by atoms with van der Waals surface area (Å²) in [5, 5.41) is 24.4. The lowest BCUT2D eigenvalue weighted by Crippen LogP contribution is -2.07. The first-order chi connectivity index (χ1) is 8.18. The lowest BCUT2D eigenvalue weighted by molar-refractivity contribution is 0.0321. The van der Waals surface area contributed by atoms with Gasteiger partial charge in [0.1, 0.15) is 0 Å². The standard InChI is InChI=1S/C9H20O3.C3H8O2/c1-2-3-4-6-11-8-9-12-7-5-10;1-3(5)2-4/h10H,2-9H2,1H3;3-5H,2H2,1H3. The van der Waals surface area contributed by atoms with E-state index in [9.17, 15) is 0 Å². The molecule has 1 atom stereocenters. The molecule has 106 valence electrons. The maximum absolute atomic E-state index is 8.37. The van der Waals surface area contributed by atoms with Crippen molar-refractivity contribution in [2.75, 3.05) is 39.6 Å². The maximum atomic E-state index is 8.37. The smallest absolute Gasteiger partial charge is 0.0742 e. The Morgan fingerprint density at radius 1 is 0.941 bits per heavy atom. The minimum absolute atomic E-state index is 0.0931. The SMILES string of the molecule is CC(O)CO.CCCCCOCCOCCO. The molecule has 0 rings (SSSR count). The van der Waals surface area contributed by atoms with Gasteiger partial charge in [0.25, 0.3) is 0 Å². The highest BCUT2D eigenvalue weighted by Gasteiger charge is 1.89. The monoisotopic (exact) mass is 252 g/mol. The Labute approximate surface area is 104 Å². The van der Waals surface area contributed by atoms with Crippen molar-refractivity contribution in [3.8, 4) is 0 Å². The van der Waals surface area contributed by atoms with Gasteiger partial charge in [-0.25, -0.2) is 0 Å². The molecule has 17 heavy (non-hydrogen) atoms. The highest BCUT2D eigenvalue weighted by molar-refractivity contribution is 4.36. The van der Waals surface area contributed by atoms with Crippen LogP contribution in [0.1, 0.15) is 33.1 Å². The summed E-state index contributed by atoms with van der Waals surface area (Å²) >= 11 is 0. The van der Waals surface area contributed by atoms with Gasteiger partial charge >= 0.3 is 0 Å². The summed E-state index contributed by atoms with van der Waals surface area (Å²) in [6.07, 6.45) is 3.04. The molecule has 0 radical (unpaired) electrons. The van der Waals surface area contributed by atoms with E-state index in [0.717, 1.165) is 13.0 Å². The molecule has 0 spiro atoms. The normalized spacial score (nSPS) is 11.8. The summed E-state index contributed by atoms with van der Waals surface area (Å²) < 4.78 is 10.3. The third-order valence-corrected chi connectivity index (χ3v) is 1.76. The van der Waals surface area contributed by atoms with Crippen LogP contribution in [0, 0.1) is 0 Å². The fourth-order valence-electron chi connectivity index (χ4n) is 0.841. The maximum Gasteiger partial charge on any atom is 0.0742 e. The van der Waals surface area contributed by atoms with E-state index in [1.54, 1.807) is 0 Å². The Bertz CT molecular complexity index is 109. The van der Waals surface area contributed by atoms with E-state index in [-0.39, 0.29) is 13.2 Å².